The summed E-state index contributed by atoms with van der Waals surface area (Å²) in [5, 5.41) is 14.9. The molecule has 1 aromatic heterocycles. The molecule has 21 heavy (non-hydrogen) atoms. The number of likely N-dealkylation sites (N-methyl/N-ethyl adjacent to an activating group) is 1. The first-order valence-electron chi connectivity index (χ1n) is 6.57. The molecule has 0 aliphatic carbocycles. The highest BCUT2D eigenvalue weighted by Gasteiger charge is 2.40. The minimum Gasteiger partial charge on any atom is -0.478 e. The lowest BCUT2D eigenvalue weighted by Gasteiger charge is -2.44. The molecular formula is C12H20N4O4S. The number of aromatic carboxylic acids is 1. The monoisotopic (exact) mass is 316 g/mol. The predicted octanol–water partition coefficient (Wildman–Crippen LogP) is 0.131. The van der Waals surface area contributed by atoms with E-state index in [2.05, 4.69) is 15.1 Å². The third-order valence-electron chi connectivity index (χ3n) is 3.99. The fraction of sp³-hybridized carbons (Fsp3) is 0.667. The molecule has 0 amide bonds. The third-order valence-corrected chi connectivity index (χ3v) is 5.77. The van der Waals surface area contributed by atoms with Crippen molar-refractivity contribution >= 4 is 16.0 Å². The van der Waals surface area contributed by atoms with Gasteiger partial charge in [0, 0.05) is 30.9 Å². The molecule has 2 N–H and O–H groups in total. The van der Waals surface area contributed by atoms with E-state index in [9.17, 15) is 18.3 Å². The zero-order valence-corrected chi connectivity index (χ0v) is 13.4. The Bertz CT molecular complexity index is 665. The number of carboxylic acids is 1. The molecule has 0 atom stereocenters. The average Bonchev–Trinajstić information content (AvgIpc) is 2.75. The molecule has 0 aromatic carbocycles. The van der Waals surface area contributed by atoms with Crippen LogP contribution in [0.15, 0.2) is 5.03 Å². The minimum absolute atomic E-state index is 0.231. The molecule has 1 aliphatic heterocycles. The van der Waals surface area contributed by atoms with Gasteiger partial charge in [-0.3, -0.25) is 10.00 Å². The van der Waals surface area contributed by atoms with Crippen molar-refractivity contribution in [1.29, 1.82) is 0 Å². The van der Waals surface area contributed by atoms with Crippen LogP contribution in [0.5, 0.6) is 0 Å². The van der Waals surface area contributed by atoms with Crippen LogP contribution in [0.1, 0.15) is 29.9 Å². The first-order valence-corrected chi connectivity index (χ1v) is 8.01. The molecule has 118 valence electrons. The average molecular weight is 316 g/mol. The van der Waals surface area contributed by atoms with Crippen LogP contribution in [0.3, 0.4) is 0 Å². The highest BCUT2D eigenvalue weighted by atomic mass is 32.2. The van der Waals surface area contributed by atoms with E-state index in [0.717, 1.165) is 0 Å². The maximum Gasteiger partial charge on any atom is 0.340 e. The van der Waals surface area contributed by atoms with Gasteiger partial charge >= 0.3 is 5.97 Å². The zero-order chi connectivity index (χ0) is 16.0. The Labute approximate surface area is 123 Å². The van der Waals surface area contributed by atoms with Gasteiger partial charge in [-0.15, -0.1) is 0 Å². The first kappa shape index (κ1) is 15.9. The van der Waals surface area contributed by atoms with Gasteiger partial charge in [0.25, 0.3) is 10.0 Å². The second kappa shape index (κ2) is 5.08. The summed E-state index contributed by atoms with van der Waals surface area (Å²) in [5.74, 6) is -1.30. The first-order chi connectivity index (χ1) is 9.57. The lowest BCUT2D eigenvalue weighted by Crippen LogP contribution is -2.58. The number of nitrogens with zero attached hydrogens (tertiary/aromatic N) is 3. The SMILES string of the molecule is Cc1[nH]nc(S(=O)(=O)N2CCN(C)C(C)(C)C2)c1C(=O)O. The van der Waals surface area contributed by atoms with Gasteiger partial charge in [0.15, 0.2) is 0 Å². The minimum atomic E-state index is -3.93. The molecule has 0 spiro atoms. The van der Waals surface area contributed by atoms with E-state index in [1.165, 1.54) is 11.2 Å². The van der Waals surface area contributed by atoms with Crippen LogP contribution in [-0.4, -0.2) is 71.1 Å². The van der Waals surface area contributed by atoms with Crippen molar-refractivity contribution in [2.45, 2.75) is 31.3 Å². The van der Waals surface area contributed by atoms with Crippen molar-refractivity contribution < 1.29 is 18.3 Å². The topological polar surface area (TPSA) is 107 Å². The number of nitrogens with one attached hydrogen (secondary N) is 1. The maximum absolute atomic E-state index is 12.7. The van der Waals surface area contributed by atoms with Crippen LogP contribution in [0.25, 0.3) is 0 Å². The van der Waals surface area contributed by atoms with E-state index in [1.54, 1.807) is 0 Å². The Morgan fingerprint density at radius 1 is 1.38 bits per heavy atom. The van der Waals surface area contributed by atoms with Crippen LogP contribution in [0.4, 0.5) is 0 Å². The van der Waals surface area contributed by atoms with Crippen LogP contribution >= 0.6 is 0 Å². The second-order valence-corrected chi connectivity index (χ2v) is 7.76. The Morgan fingerprint density at radius 2 is 2.00 bits per heavy atom. The van der Waals surface area contributed by atoms with Crippen LogP contribution in [0, 0.1) is 6.92 Å². The molecule has 0 unspecified atom stereocenters. The third kappa shape index (κ3) is 2.68. The van der Waals surface area contributed by atoms with Gasteiger partial charge in [0.05, 0.1) is 0 Å². The van der Waals surface area contributed by atoms with E-state index in [0.29, 0.717) is 13.1 Å². The lowest BCUT2D eigenvalue weighted by atomic mass is 10.0. The van der Waals surface area contributed by atoms with Gasteiger partial charge in [0.1, 0.15) is 5.56 Å². The van der Waals surface area contributed by atoms with Gasteiger partial charge in [-0.05, 0) is 27.8 Å². The second-order valence-electron chi connectivity index (χ2n) is 5.91. The van der Waals surface area contributed by atoms with Crippen LogP contribution in [-0.2, 0) is 10.0 Å². The Morgan fingerprint density at radius 3 is 2.52 bits per heavy atom. The van der Waals surface area contributed by atoms with Gasteiger partial charge in [0.2, 0.25) is 5.03 Å². The highest BCUT2D eigenvalue weighted by Crippen LogP contribution is 2.26. The molecule has 8 nitrogen and oxygen atoms in total. The van der Waals surface area contributed by atoms with Gasteiger partial charge in [-0.2, -0.15) is 9.40 Å². The highest BCUT2D eigenvalue weighted by molar-refractivity contribution is 7.89. The Balaban J connectivity index is 2.42. The van der Waals surface area contributed by atoms with E-state index in [1.807, 2.05) is 20.9 Å². The fourth-order valence-electron chi connectivity index (χ4n) is 2.37. The summed E-state index contributed by atoms with van der Waals surface area (Å²) in [6, 6.07) is 0. The number of carboxylic acid groups (broad SMARTS) is 1. The van der Waals surface area contributed by atoms with Crippen LogP contribution in [0.2, 0.25) is 0 Å². The predicted molar refractivity (Wildman–Crippen MR) is 75.8 cm³/mol. The number of sulfonamides is 1. The summed E-state index contributed by atoms with van der Waals surface area (Å²) < 4.78 is 26.7. The molecule has 0 radical (unpaired) electrons. The summed E-state index contributed by atoms with van der Waals surface area (Å²) >= 11 is 0. The fourth-order valence-corrected chi connectivity index (χ4v) is 4.08. The summed E-state index contributed by atoms with van der Waals surface area (Å²) in [6.45, 7) is 6.57. The molecule has 0 saturated carbocycles. The summed E-state index contributed by atoms with van der Waals surface area (Å²) in [4.78, 5) is 13.3. The van der Waals surface area contributed by atoms with Crippen molar-refractivity contribution in [3.63, 3.8) is 0 Å². The molecule has 1 fully saturated rings. The molecule has 1 aliphatic rings. The number of piperazine rings is 1. The number of H-pyrrole nitrogens is 1. The van der Waals surface area contributed by atoms with E-state index >= 15 is 0 Å². The summed E-state index contributed by atoms with van der Waals surface area (Å²) in [7, 11) is -1.99. The number of carbonyl (C=O) groups is 1. The smallest absolute Gasteiger partial charge is 0.340 e. The van der Waals surface area contributed by atoms with E-state index in [4.69, 9.17) is 0 Å². The van der Waals surface area contributed by atoms with Crippen molar-refractivity contribution in [3.05, 3.63) is 11.3 Å². The quantitative estimate of drug-likeness (QED) is 0.821. The molecule has 9 heteroatoms. The van der Waals surface area contributed by atoms with Gasteiger partial charge in [-0.25, -0.2) is 13.2 Å². The van der Waals surface area contributed by atoms with E-state index in [-0.39, 0.29) is 23.3 Å². The Kier molecular flexibility index (Phi) is 3.85. The van der Waals surface area contributed by atoms with Gasteiger partial charge < -0.3 is 5.11 Å². The van der Waals surface area contributed by atoms with Crippen molar-refractivity contribution in [2.24, 2.45) is 0 Å². The van der Waals surface area contributed by atoms with Crippen molar-refractivity contribution in [1.82, 2.24) is 19.4 Å². The van der Waals surface area contributed by atoms with Crippen molar-refractivity contribution in [2.75, 3.05) is 26.7 Å². The number of aromatic amines is 1. The maximum atomic E-state index is 12.7. The number of rotatable bonds is 3. The number of aryl methyl sites for hydroxylation is 1. The van der Waals surface area contributed by atoms with Crippen molar-refractivity contribution in [3.8, 4) is 0 Å². The number of aromatic nitrogens is 2. The lowest BCUT2D eigenvalue weighted by molar-refractivity contribution is 0.0690. The Hall–Kier alpha value is -1.45. The van der Waals surface area contributed by atoms with Crippen LogP contribution < -0.4 is 0 Å². The number of hydrogen-bond acceptors (Lipinski definition) is 5. The molecule has 0 bridgehead atoms. The molecule has 2 rings (SSSR count). The molecule has 1 aromatic rings. The molecular weight excluding hydrogens is 296 g/mol. The molecule has 2 heterocycles. The van der Waals surface area contributed by atoms with E-state index < -0.39 is 21.0 Å². The number of hydrogen-bond donors (Lipinski definition) is 2. The summed E-state index contributed by atoms with van der Waals surface area (Å²) in [5.41, 5.74) is -0.374. The van der Waals surface area contributed by atoms with Gasteiger partial charge in [-0.1, -0.05) is 0 Å². The largest absolute Gasteiger partial charge is 0.478 e. The standard InChI is InChI=1S/C12H20N4O4S/c1-8-9(11(17)18)10(14-13-8)21(19,20)16-6-5-15(4)12(2,3)7-16/h5-7H2,1-4H3,(H,13,14)(H,17,18). The zero-order valence-electron chi connectivity index (χ0n) is 12.5. The summed E-state index contributed by atoms with van der Waals surface area (Å²) in [6.07, 6.45) is 0. The normalized spacial score (nSPS) is 20.6. The molecule has 1 saturated heterocycles.